The minimum atomic E-state index is -0.391. The highest BCUT2D eigenvalue weighted by molar-refractivity contribution is 8.93. The maximum Gasteiger partial charge on any atom is 0.271 e. The van der Waals surface area contributed by atoms with Crippen LogP contribution in [0.15, 0.2) is 94.8 Å². The predicted molar refractivity (Wildman–Crippen MR) is 142 cm³/mol. The van der Waals surface area contributed by atoms with Crippen LogP contribution in [0.2, 0.25) is 0 Å². The van der Waals surface area contributed by atoms with Gasteiger partial charge < -0.3 is 14.8 Å². The third-order valence-electron chi connectivity index (χ3n) is 4.74. The average Bonchev–Trinajstić information content (AvgIpc) is 3.14. The number of anilines is 2. The molecule has 7 nitrogen and oxygen atoms in total. The van der Waals surface area contributed by atoms with Crippen LogP contribution >= 0.6 is 28.7 Å². The topological polar surface area (TPSA) is 80.2 Å². The van der Waals surface area contributed by atoms with E-state index in [0.29, 0.717) is 33.7 Å². The van der Waals surface area contributed by atoms with Crippen LogP contribution < -0.4 is 19.7 Å². The molecule has 4 rings (SSSR count). The summed E-state index contributed by atoms with van der Waals surface area (Å²) < 4.78 is 10.4. The number of amidine groups is 1. The molecule has 0 aliphatic carbocycles. The van der Waals surface area contributed by atoms with Gasteiger partial charge in [-0.05, 0) is 72.4 Å². The molecule has 1 N–H and O–H groups in total. The monoisotopic (exact) mass is 539 g/mol. The molecule has 0 radical (unpaired) electrons. The number of halogens is 1. The van der Waals surface area contributed by atoms with Crippen LogP contribution in [0, 0.1) is 0 Å². The Morgan fingerprint density at radius 3 is 2.09 bits per heavy atom. The normalized spacial score (nSPS) is 15.2. The van der Waals surface area contributed by atoms with Crippen molar-refractivity contribution in [3.63, 3.8) is 0 Å². The minimum absolute atomic E-state index is 0. The number of nitrogens with zero attached hydrogens (tertiary/aromatic N) is 2. The molecule has 9 heteroatoms. The molecule has 2 amide bonds. The summed E-state index contributed by atoms with van der Waals surface area (Å²) in [6.07, 6.45) is 1.30. The number of rotatable bonds is 6. The van der Waals surface area contributed by atoms with E-state index in [4.69, 9.17) is 9.47 Å². The van der Waals surface area contributed by atoms with Gasteiger partial charge in [-0.3, -0.25) is 14.5 Å². The summed E-state index contributed by atoms with van der Waals surface area (Å²) in [5.41, 5.74) is 1.92. The highest BCUT2D eigenvalue weighted by Crippen LogP contribution is 2.37. The smallest absolute Gasteiger partial charge is 0.271 e. The highest BCUT2D eigenvalue weighted by Gasteiger charge is 2.35. The van der Waals surface area contributed by atoms with E-state index < -0.39 is 5.91 Å². The van der Waals surface area contributed by atoms with Crippen molar-refractivity contribution < 1.29 is 19.1 Å². The van der Waals surface area contributed by atoms with Gasteiger partial charge in [0.05, 0.1) is 30.5 Å². The first-order chi connectivity index (χ1) is 16.1. The summed E-state index contributed by atoms with van der Waals surface area (Å²) in [7, 11) is 3.17. The number of nitrogens with one attached hydrogen (secondary N) is 1. The lowest BCUT2D eigenvalue weighted by Gasteiger charge is -2.16. The van der Waals surface area contributed by atoms with E-state index in [2.05, 4.69) is 10.3 Å². The molecular weight excluding hydrogens is 518 g/mol. The van der Waals surface area contributed by atoms with Gasteiger partial charge in [-0.1, -0.05) is 18.2 Å². The molecule has 1 fully saturated rings. The van der Waals surface area contributed by atoms with Crippen LogP contribution in [0.3, 0.4) is 0 Å². The molecule has 0 aromatic heterocycles. The fourth-order valence-corrected chi connectivity index (χ4v) is 4.07. The Labute approximate surface area is 212 Å². The summed E-state index contributed by atoms with van der Waals surface area (Å²) in [6, 6.07) is 23.3. The van der Waals surface area contributed by atoms with E-state index in [9.17, 15) is 9.59 Å². The third-order valence-corrected chi connectivity index (χ3v) is 5.71. The van der Waals surface area contributed by atoms with Gasteiger partial charge in [0.15, 0.2) is 5.17 Å². The number of benzene rings is 3. The maximum absolute atomic E-state index is 13.3. The molecule has 1 aliphatic rings. The Balaban J connectivity index is 0.00000324. The molecule has 174 valence electrons. The quantitative estimate of drug-likeness (QED) is 0.414. The molecule has 1 saturated heterocycles. The standard InChI is InChI=1S/C25H21N3O4S.BrH/c1-31-20-12-8-18(9-13-20)27-25-28(19-10-14-21(32-2)15-11-19)24(30)22(33-25)16-23(29)26-17-6-4-3-5-7-17;/h3-16H,1-2H3,(H,26,29);1H/b22-16-,27-25?;. The summed E-state index contributed by atoms with van der Waals surface area (Å²) in [5.74, 6) is 0.655. The number of carbonyl (C=O) groups is 2. The van der Waals surface area contributed by atoms with Crippen molar-refractivity contribution in [1.29, 1.82) is 0 Å². The van der Waals surface area contributed by atoms with E-state index in [-0.39, 0.29) is 27.8 Å². The lowest BCUT2D eigenvalue weighted by atomic mass is 10.2. The van der Waals surface area contributed by atoms with Crippen LogP contribution in [-0.4, -0.2) is 31.2 Å². The van der Waals surface area contributed by atoms with E-state index in [1.54, 1.807) is 74.9 Å². The van der Waals surface area contributed by atoms with Crippen LogP contribution in [0.5, 0.6) is 11.5 Å². The molecule has 0 atom stereocenters. The predicted octanol–water partition coefficient (Wildman–Crippen LogP) is 5.57. The van der Waals surface area contributed by atoms with Gasteiger partial charge >= 0.3 is 0 Å². The summed E-state index contributed by atoms with van der Waals surface area (Å²) in [4.78, 5) is 32.2. The zero-order valence-corrected chi connectivity index (χ0v) is 21.0. The van der Waals surface area contributed by atoms with E-state index in [1.165, 1.54) is 11.0 Å². The van der Waals surface area contributed by atoms with Gasteiger partial charge in [-0.2, -0.15) is 0 Å². The van der Waals surface area contributed by atoms with Crippen LogP contribution in [-0.2, 0) is 9.59 Å². The van der Waals surface area contributed by atoms with Gasteiger partial charge in [-0.25, -0.2) is 4.99 Å². The molecule has 0 spiro atoms. The number of ether oxygens (including phenoxy) is 2. The third kappa shape index (κ3) is 5.86. The molecule has 3 aromatic rings. The lowest BCUT2D eigenvalue weighted by Crippen LogP contribution is -2.28. The number of aliphatic imine (C=N–C) groups is 1. The van der Waals surface area contributed by atoms with Crippen molar-refractivity contribution in [3.8, 4) is 11.5 Å². The first-order valence-electron chi connectivity index (χ1n) is 10.0. The number of carbonyl (C=O) groups excluding carboxylic acids is 2. The number of amides is 2. The van der Waals surface area contributed by atoms with E-state index >= 15 is 0 Å². The molecule has 1 heterocycles. The Morgan fingerprint density at radius 1 is 0.912 bits per heavy atom. The molecule has 0 unspecified atom stereocenters. The first kappa shape index (κ1) is 25.1. The second-order valence-corrected chi connectivity index (χ2v) is 7.91. The molecule has 0 saturated carbocycles. The largest absolute Gasteiger partial charge is 0.497 e. The molecule has 3 aromatic carbocycles. The Kier molecular flexibility index (Phi) is 8.50. The Morgan fingerprint density at radius 2 is 1.50 bits per heavy atom. The second kappa shape index (κ2) is 11.5. The first-order valence-corrected chi connectivity index (χ1v) is 10.9. The zero-order chi connectivity index (χ0) is 23.2. The number of para-hydroxylation sites is 1. The SMILES string of the molecule is Br.COc1ccc(N=C2S/C(=C\C(=O)Nc3ccccc3)C(=O)N2c2ccc(OC)cc2)cc1. The zero-order valence-electron chi connectivity index (χ0n) is 18.4. The second-order valence-electron chi connectivity index (χ2n) is 6.90. The highest BCUT2D eigenvalue weighted by atomic mass is 79.9. The summed E-state index contributed by atoms with van der Waals surface area (Å²) in [5, 5.41) is 3.21. The summed E-state index contributed by atoms with van der Waals surface area (Å²) >= 11 is 1.14. The molecule has 1 aliphatic heterocycles. The van der Waals surface area contributed by atoms with Crippen molar-refractivity contribution in [1.82, 2.24) is 0 Å². The molecule has 34 heavy (non-hydrogen) atoms. The Hall–Kier alpha value is -3.56. The fourth-order valence-electron chi connectivity index (χ4n) is 3.09. The van der Waals surface area contributed by atoms with Gasteiger partial charge in [0.2, 0.25) is 5.91 Å². The lowest BCUT2D eigenvalue weighted by molar-refractivity contribution is -0.115. The van der Waals surface area contributed by atoms with Gasteiger partial charge in [0.1, 0.15) is 11.5 Å². The van der Waals surface area contributed by atoms with Gasteiger partial charge in [-0.15, -0.1) is 17.0 Å². The number of thioether (sulfide) groups is 1. The number of hydrogen-bond donors (Lipinski definition) is 1. The minimum Gasteiger partial charge on any atom is -0.497 e. The van der Waals surface area contributed by atoms with Crippen LogP contribution in [0.4, 0.5) is 17.1 Å². The van der Waals surface area contributed by atoms with Crippen LogP contribution in [0.25, 0.3) is 0 Å². The van der Waals surface area contributed by atoms with E-state index in [0.717, 1.165) is 11.8 Å². The number of hydrogen-bond acceptors (Lipinski definition) is 6. The Bertz CT molecular complexity index is 1210. The number of methoxy groups -OCH3 is 2. The van der Waals surface area contributed by atoms with Gasteiger partial charge in [0, 0.05) is 11.8 Å². The molecule has 0 bridgehead atoms. The maximum atomic E-state index is 13.3. The van der Waals surface area contributed by atoms with Crippen molar-refractivity contribution in [3.05, 3.63) is 89.8 Å². The average molecular weight is 540 g/mol. The van der Waals surface area contributed by atoms with E-state index in [1.807, 2.05) is 18.2 Å². The molecular formula is C25H22BrN3O4S. The summed E-state index contributed by atoms with van der Waals surface area (Å²) in [6.45, 7) is 0. The van der Waals surface area contributed by atoms with Crippen LogP contribution in [0.1, 0.15) is 0 Å². The van der Waals surface area contributed by atoms with Gasteiger partial charge in [0.25, 0.3) is 5.91 Å². The van der Waals surface area contributed by atoms with Crippen molar-refractivity contribution >= 4 is 62.8 Å². The van der Waals surface area contributed by atoms with Crippen molar-refractivity contribution in [2.24, 2.45) is 4.99 Å². The van der Waals surface area contributed by atoms with Crippen molar-refractivity contribution in [2.45, 2.75) is 0 Å². The van der Waals surface area contributed by atoms with Crippen molar-refractivity contribution in [2.75, 3.05) is 24.4 Å². The fraction of sp³-hybridized carbons (Fsp3) is 0.0800.